The molecule has 3 aromatic heterocycles. The first kappa shape index (κ1) is 18.1. The maximum atomic E-state index is 4.63. The average Bonchev–Trinajstić information content (AvgIpc) is 3.28. The van der Waals surface area contributed by atoms with Crippen LogP contribution in [0.4, 0.5) is 0 Å². The topological polar surface area (TPSA) is 80.0 Å². The summed E-state index contributed by atoms with van der Waals surface area (Å²) >= 11 is 1.72. The van der Waals surface area contributed by atoms with E-state index in [2.05, 4.69) is 44.4 Å². The summed E-state index contributed by atoms with van der Waals surface area (Å²) in [6, 6.07) is 4.00. The molecule has 0 aliphatic carbocycles. The van der Waals surface area contributed by atoms with Crippen molar-refractivity contribution in [3.05, 3.63) is 58.2 Å². The Morgan fingerprint density at radius 2 is 2.15 bits per heavy atom. The lowest BCUT2D eigenvalue weighted by Crippen LogP contribution is -2.36. The van der Waals surface area contributed by atoms with Crippen molar-refractivity contribution in [2.75, 3.05) is 6.54 Å². The number of imidazole rings is 1. The zero-order valence-corrected chi connectivity index (χ0v) is 16.0. The number of nitrogens with one attached hydrogen (secondary N) is 2. The number of guanidine groups is 1. The predicted molar refractivity (Wildman–Crippen MR) is 105 cm³/mol. The number of hydrogen-bond acceptors (Lipinski definition) is 5. The zero-order chi connectivity index (χ0) is 18.4. The first-order chi connectivity index (χ1) is 12.7. The van der Waals surface area contributed by atoms with Crippen molar-refractivity contribution in [2.45, 2.75) is 33.9 Å². The Labute approximate surface area is 157 Å². The molecule has 0 aliphatic heterocycles. The Balaban J connectivity index is 1.61. The monoisotopic (exact) mass is 369 g/mol. The number of pyridine rings is 1. The van der Waals surface area contributed by atoms with E-state index in [-0.39, 0.29) is 0 Å². The molecule has 0 unspecified atom stereocenters. The van der Waals surface area contributed by atoms with Gasteiger partial charge in [0.1, 0.15) is 17.2 Å². The van der Waals surface area contributed by atoms with Gasteiger partial charge in [-0.2, -0.15) is 0 Å². The second-order valence-corrected chi connectivity index (χ2v) is 7.08. The Hall–Kier alpha value is -2.74. The molecule has 0 amide bonds. The van der Waals surface area contributed by atoms with Crippen molar-refractivity contribution in [1.82, 2.24) is 30.2 Å². The smallest absolute Gasteiger partial charge is 0.191 e. The third-order valence-corrected chi connectivity index (χ3v) is 4.89. The minimum Gasteiger partial charge on any atom is -0.357 e. The van der Waals surface area contributed by atoms with Crippen LogP contribution in [0.2, 0.25) is 0 Å². The molecule has 0 aromatic carbocycles. The van der Waals surface area contributed by atoms with E-state index in [1.165, 1.54) is 4.88 Å². The molecule has 2 N–H and O–H groups in total. The molecule has 0 aliphatic rings. The fourth-order valence-electron chi connectivity index (χ4n) is 2.34. The highest BCUT2D eigenvalue weighted by molar-refractivity contribution is 7.11. The van der Waals surface area contributed by atoms with Crippen LogP contribution < -0.4 is 10.6 Å². The predicted octanol–water partition coefficient (Wildman–Crippen LogP) is 2.60. The molecule has 0 bridgehead atoms. The van der Waals surface area contributed by atoms with Crippen LogP contribution >= 0.6 is 11.3 Å². The third kappa shape index (κ3) is 4.66. The second kappa shape index (κ2) is 8.57. The van der Waals surface area contributed by atoms with Gasteiger partial charge in [-0.15, -0.1) is 11.3 Å². The van der Waals surface area contributed by atoms with Gasteiger partial charge in [-0.05, 0) is 32.4 Å². The van der Waals surface area contributed by atoms with Gasteiger partial charge in [0, 0.05) is 30.0 Å². The molecular formula is C18H23N7S. The summed E-state index contributed by atoms with van der Waals surface area (Å²) < 4.78 is 1.87. The summed E-state index contributed by atoms with van der Waals surface area (Å²) in [4.78, 5) is 18.9. The summed E-state index contributed by atoms with van der Waals surface area (Å²) in [5.74, 6) is 1.62. The van der Waals surface area contributed by atoms with E-state index in [0.717, 1.165) is 34.6 Å². The molecule has 0 atom stereocenters. The quantitative estimate of drug-likeness (QED) is 0.516. The minimum atomic E-state index is 0.558. The van der Waals surface area contributed by atoms with E-state index >= 15 is 0 Å². The summed E-state index contributed by atoms with van der Waals surface area (Å²) in [5.41, 5.74) is 2.14. The van der Waals surface area contributed by atoms with Crippen molar-refractivity contribution in [1.29, 1.82) is 0 Å². The van der Waals surface area contributed by atoms with Crippen molar-refractivity contribution < 1.29 is 0 Å². The third-order valence-electron chi connectivity index (χ3n) is 3.82. The number of nitrogens with zero attached hydrogens (tertiary/aromatic N) is 5. The number of aromatic nitrogens is 4. The van der Waals surface area contributed by atoms with Crippen LogP contribution in [0.5, 0.6) is 0 Å². The molecule has 0 fully saturated rings. The lowest BCUT2D eigenvalue weighted by Gasteiger charge is -2.10. The van der Waals surface area contributed by atoms with Gasteiger partial charge >= 0.3 is 0 Å². The molecule has 8 heteroatoms. The van der Waals surface area contributed by atoms with Crippen LogP contribution in [0.25, 0.3) is 5.82 Å². The van der Waals surface area contributed by atoms with Gasteiger partial charge in [0.15, 0.2) is 5.96 Å². The number of rotatable bonds is 6. The molecule has 0 saturated carbocycles. The van der Waals surface area contributed by atoms with Gasteiger partial charge in [-0.3, -0.25) is 4.57 Å². The van der Waals surface area contributed by atoms with Crippen molar-refractivity contribution in [2.24, 2.45) is 4.99 Å². The van der Waals surface area contributed by atoms with Crippen LogP contribution in [0, 0.1) is 13.8 Å². The summed E-state index contributed by atoms with van der Waals surface area (Å²) in [6.07, 6.45) is 7.18. The van der Waals surface area contributed by atoms with Gasteiger partial charge in [0.25, 0.3) is 0 Å². The van der Waals surface area contributed by atoms with Gasteiger partial charge in [0.2, 0.25) is 0 Å². The molecule has 136 valence electrons. The van der Waals surface area contributed by atoms with Gasteiger partial charge in [-0.25, -0.2) is 19.9 Å². The van der Waals surface area contributed by atoms with E-state index in [4.69, 9.17) is 0 Å². The fourth-order valence-corrected chi connectivity index (χ4v) is 3.22. The van der Waals surface area contributed by atoms with Gasteiger partial charge in [-0.1, -0.05) is 6.07 Å². The number of aliphatic imine (C=N–C) groups is 1. The number of thiazole rings is 1. The lowest BCUT2D eigenvalue weighted by atomic mass is 10.3. The van der Waals surface area contributed by atoms with Crippen LogP contribution in [0.15, 0.2) is 42.0 Å². The SMILES string of the molecule is CCNC(=NCc1ccc(-n2ccnc2)nc1)NCc1nc(C)c(C)s1. The van der Waals surface area contributed by atoms with Crippen molar-refractivity contribution in [3.63, 3.8) is 0 Å². The maximum Gasteiger partial charge on any atom is 0.191 e. The highest BCUT2D eigenvalue weighted by atomic mass is 32.1. The van der Waals surface area contributed by atoms with E-state index < -0.39 is 0 Å². The molecule has 3 aromatic rings. The number of hydrogen-bond donors (Lipinski definition) is 2. The first-order valence-electron chi connectivity index (χ1n) is 8.54. The highest BCUT2D eigenvalue weighted by Crippen LogP contribution is 2.15. The zero-order valence-electron chi connectivity index (χ0n) is 15.2. The molecule has 3 heterocycles. The molecule has 3 rings (SSSR count). The Morgan fingerprint density at radius 3 is 2.77 bits per heavy atom. The molecule has 0 saturated heterocycles. The van der Waals surface area contributed by atoms with E-state index in [1.54, 1.807) is 23.9 Å². The molecular weight excluding hydrogens is 346 g/mol. The van der Waals surface area contributed by atoms with Crippen LogP contribution in [0.1, 0.15) is 28.1 Å². The normalized spacial score (nSPS) is 11.6. The lowest BCUT2D eigenvalue weighted by molar-refractivity contribution is 0.809. The minimum absolute atomic E-state index is 0.558. The van der Waals surface area contributed by atoms with Gasteiger partial charge in [0.05, 0.1) is 18.8 Å². The number of aryl methyl sites for hydroxylation is 2. The largest absolute Gasteiger partial charge is 0.357 e. The standard InChI is InChI=1S/C18H23N7S/c1-4-20-18(23-11-17-24-13(2)14(3)26-17)22-10-15-5-6-16(21-9-15)25-8-7-19-12-25/h5-9,12H,4,10-11H2,1-3H3,(H2,20,22,23). The first-order valence-corrected chi connectivity index (χ1v) is 9.35. The second-order valence-electron chi connectivity index (χ2n) is 5.79. The summed E-state index contributed by atoms with van der Waals surface area (Å²) in [7, 11) is 0. The molecule has 0 radical (unpaired) electrons. The van der Waals surface area contributed by atoms with E-state index in [1.807, 2.05) is 36.0 Å². The molecule has 7 nitrogen and oxygen atoms in total. The Morgan fingerprint density at radius 1 is 1.27 bits per heavy atom. The maximum absolute atomic E-state index is 4.63. The fraction of sp³-hybridized carbons (Fsp3) is 0.333. The average molecular weight is 369 g/mol. The Bertz CT molecular complexity index is 831. The van der Waals surface area contributed by atoms with Crippen LogP contribution in [0.3, 0.4) is 0 Å². The van der Waals surface area contributed by atoms with Gasteiger partial charge < -0.3 is 10.6 Å². The molecule has 0 spiro atoms. The summed E-state index contributed by atoms with van der Waals surface area (Å²) in [5, 5.41) is 7.66. The molecule has 26 heavy (non-hydrogen) atoms. The highest BCUT2D eigenvalue weighted by Gasteiger charge is 2.05. The van der Waals surface area contributed by atoms with Crippen molar-refractivity contribution >= 4 is 17.3 Å². The summed E-state index contributed by atoms with van der Waals surface area (Å²) in [6.45, 7) is 8.22. The van der Waals surface area contributed by atoms with Crippen LogP contribution in [-0.2, 0) is 13.1 Å². The van der Waals surface area contributed by atoms with Crippen LogP contribution in [-0.4, -0.2) is 32.0 Å². The van der Waals surface area contributed by atoms with Crippen molar-refractivity contribution in [3.8, 4) is 5.82 Å². The Kier molecular flexibility index (Phi) is 5.96. The van der Waals surface area contributed by atoms with E-state index in [0.29, 0.717) is 13.1 Å². The van der Waals surface area contributed by atoms with E-state index in [9.17, 15) is 0 Å².